The highest BCUT2D eigenvalue weighted by Gasteiger charge is 1.94. The third-order valence-electron chi connectivity index (χ3n) is 2.45. The largest absolute Gasteiger partial charge is 0.207 e. The van der Waals surface area contributed by atoms with E-state index >= 15 is 0 Å². The normalized spacial score (nSPS) is 11.1. The molecule has 2 aromatic rings. The summed E-state index contributed by atoms with van der Waals surface area (Å²) in [7, 11) is 3.47. The Morgan fingerprint density at radius 3 is 2.45 bits per heavy atom. The van der Waals surface area contributed by atoms with Crippen LogP contribution < -0.4 is 0 Å². The molecule has 0 aromatic heterocycles. The van der Waals surface area contributed by atoms with Gasteiger partial charge in [-0.15, -0.1) is 11.8 Å². The lowest BCUT2D eigenvalue weighted by Gasteiger charge is -1.98. The monoisotopic (exact) mass is 322 g/mol. The van der Waals surface area contributed by atoms with Crippen LogP contribution in [0.15, 0.2) is 71.0 Å². The minimum Gasteiger partial charge on any atom is -0.207 e. The molecule has 0 aliphatic rings. The average molecular weight is 322 g/mol. The summed E-state index contributed by atoms with van der Waals surface area (Å²) in [6, 6.07) is 17.1. The van der Waals surface area contributed by atoms with Crippen LogP contribution in [0.25, 0.3) is 0 Å². The smallest absolute Gasteiger partial charge is 0.123 e. The van der Waals surface area contributed by atoms with Crippen molar-refractivity contribution in [3.8, 4) is 0 Å². The van der Waals surface area contributed by atoms with E-state index in [1.54, 1.807) is 21.6 Å². The number of rotatable bonds is 7. The van der Waals surface area contributed by atoms with E-state index in [1.165, 1.54) is 17.0 Å². The first kappa shape index (κ1) is 15.5. The molecule has 0 aliphatic heterocycles. The van der Waals surface area contributed by atoms with E-state index in [2.05, 4.69) is 35.7 Å². The van der Waals surface area contributed by atoms with Gasteiger partial charge in [-0.2, -0.15) is 0 Å². The van der Waals surface area contributed by atoms with Crippen molar-refractivity contribution in [2.45, 2.75) is 10.6 Å². The van der Waals surface area contributed by atoms with Gasteiger partial charge in [-0.1, -0.05) is 58.0 Å². The molecule has 0 fully saturated rings. The molecule has 0 amide bonds. The minimum absolute atomic E-state index is 0.177. The molecule has 0 N–H and O–H groups in total. The van der Waals surface area contributed by atoms with E-state index in [9.17, 15) is 4.39 Å². The summed E-state index contributed by atoms with van der Waals surface area (Å²) in [5.41, 5.74) is 1.15. The van der Waals surface area contributed by atoms with Crippen molar-refractivity contribution in [1.29, 1.82) is 0 Å². The van der Waals surface area contributed by atoms with Crippen molar-refractivity contribution < 1.29 is 4.39 Å². The van der Waals surface area contributed by atoms with E-state index < -0.39 is 0 Å². The Balaban J connectivity index is 1.59. The SMILES string of the molecule is Fc1ccc(CSS/C=C/CSc2ccccc2)cc1. The summed E-state index contributed by atoms with van der Waals surface area (Å²) in [6.07, 6.45) is 2.17. The van der Waals surface area contributed by atoms with E-state index in [1.807, 2.05) is 30.0 Å². The summed E-state index contributed by atoms with van der Waals surface area (Å²) in [5.74, 6) is 1.69. The maximum absolute atomic E-state index is 12.7. The molecule has 0 radical (unpaired) electrons. The van der Waals surface area contributed by atoms with Crippen LogP contribution in [0.1, 0.15) is 5.56 Å². The van der Waals surface area contributed by atoms with Crippen molar-refractivity contribution in [3.63, 3.8) is 0 Å². The highest BCUT2D eigenvalue weighted by atomic mass is 33.1. The van der Waals surface area contributed by atoms with E-state index in [0.29, 0.717) is 0 Å². The fraction of sp³-hybridized carbons (Fsp3) is 0.125. The predicted octanol–water partition coefficient (Wildman–Crippen LogP) is 6.01. The summed E-state index contributed by atoms with van der Waals surface area (Å²) in [6.45, 7) is 0. The molecule has 0 saturated heterocycles. The zero-order chi connectivity index (χ0) is 14.0. The van der Waals surface area contributed by atoms with Crippen LogP contribution in [-0.4, -0.2) is 5.75 Å². The Kier molecular flexibility index (Phi) is 7.12. The Bertz CT molecular complexity index is 523. The van der Waals surface area contributed by atoms with Crippen LogP contribution in [0.3, 0.4) is 0 Å². The molecule has 0 unspecified atom stereocenters. The van der Waals surface area contributed by atoms with Crippen LogP contribution in [0.4, 0.5) is 4.39 Å². The number of hydrogen-bond acceptors (Lipinski definition) is 3. The van der Waals surface area contributed by atoms with Crippen molar-refractivity contribution >= 4 is 33.3 Å². The van der Waals surface area contributed by atoms with E-state index in [4.69, 9.17) is 0 Å². The molecule has 0 saturated carbocycles. The molecule has 4 heteroatoms. The quantitative estimate of drug-likeness (QED) is 0.348. The Hall–Kier alpha value is -0.840. The highest BCUT2D eigenvalue weighted by molar-refractivity contribution is 8.77. The molecular formula is C16H15FS3. The van der Waals surface area contributed by atoms with Crippen molar-refractivity contribution in [2.75, 3.05) is 5.75 Å². The molecular weight excluding hydrogens is 307 g/mol. The van der Waals surface area contributed by atoms with Gasteiger partial charge in [0.05, 0.1) is 0 Å². The van der Waals surface area contributed by atoms with Gasteiger partial charge in [-0.05, 0) is 35.2 Å². The number of hydrogen-bond donors (Lipinski definition) is 0. The van der Waals surface area contributed by atoms with Gasteiger partial charge in [-0.3, -0.25) is 0 Å². The summed E-state index contributed by atoms with van der Waals surface area (Å²) in [4.78, 5) is 1.29. The molecule has 0 aliphatic carbocycles. The second kappa shape index (κ2) is 9.16. The molecule has 0 nitrogen and oxygen atoms in total. The Morgan fingerprint density at radius 1 is 0.950 bits per heavy atom. The minimum atomic E-state index is -0.177. The molecule has 0 atom stereocenters. The van der Waals surface area contributed by atoms with Crippen molar-refractivity contribution in [2.24, 2.45) is 0 Å². The topological polar surface area (TPSA) is 0 Å². The first-order chi connectivity index (χ1) is 9.84. The lowest BCUT2D eigenvalue weighted by molar-refractivity contribution is 0.627. The second-order valence-electron chi connectivity index (χ2n) is 3.98. The highest BCUT2D eigenvalue weighted by Crippen LogP contribution is 2.27. The third kappa shape index (κ3) is 6.07. The summed E-state index contributed by atoms with van der Waals surface area (Å²) < 4.78 is 12.7. The van der Waals surface area contributed by atoms with Gasteiger partial charge in [0.2, 0.25) is 0 Å². The molecule has 2 aromatic carbocycles. The van der Waals surface area contributed by atoms with Crippen molar-refractivity contribution in [3.05, 3.63) is 77.5 Å². The third-order valence-corrected chi connectivity index (χ3v) is 5.40. The van der Waals surface area contributed by atoms with Gasteiger partial charge in [0.25, 0.3) is 0 Å². The Labute approximate surface area is 131 Å². The fourth-order valence-electron chi connectivity index (χ4n) is 1.46. The number of benzene rings is 2. The number of thioether (sulfide) groups is 1. The average Bonchev–Trinajstić information content (AvgIpc) is 2.49. The predicted molar refractivity (Wildman–Crippen MR) is 91.6 cm³/mol. The molecule has 0 bridgehead atoms. The molecule has 104 valence electrons. The standard InChI is InChI=1S/C16H15FS3/c17-15-9-7-14(8-10-15)13-20-19-12-4-11-18-16-5-2-1-3-6-16/h1-10,12H,11,13H2/b12-4+. The van der Waals surface area contributed by atoms with Gasteiger partial charge in [-0.25, -0.2) is 4.39 Å². The first-order valence-electron chi connectivity index (χ1n) is 6.20. The second-order valence-corrected chi connectivity index (χ2v) is 7.35. The molecule has 20 heavy (non-hydrogen) atoms. The fourth-order valence-corrected chi connectivity index (χ4v) is 4.05. The van der Waals surface area contributed by atoms with Crippen LogP contribution in [0.5, 0.6) is 0 Å². The summed E-state index contributed by atoms with van der Waals surface area (Å²) >= 11 is 1.83. The van der Waals surface area contributed by atoms with Gasteiger partial charge in [0, 0.05) is 16.4 Å². The molecule has 2 rings (SSSR count). The molecule has 0 heterocycles. The summed E-state index contributed by atoms with van der Waals surface area (Å²) in [5, 5.41) is 2.12. The zero-order valence-corrected chi connectivity index (χ0v) is 13.3. The Morgan fingerprint density at radius 2 is 1.70 bits per heavy atom. The van der Waals surface area contributed by atoms with E-state index in [-0.39, 0.29) is 5.82 Å². The van der Waals surface area contributed by atoms with E-state index in [0.717, 1.165) is 17.1 Å². The van der Waals surface area contributed by atoms with Crippen LogP contribution in [0.2, 0.25) is 0 Å². The van der Waals surface area contributed by atoms with Crippen LogP contribution >= 0.6 is 33.3 Å². The van der Waals surface area contributed by atoms with Crippen LogP contribution in [0, 0.1) is 5.82 Å². The van der Waals surface area contributed by atoms with Crippen molar-refractivity contribution in [1.82, 2.24) is 0 Å². The maximum atomic E-state index is 12.7. The van der Waals surface area contributed by atoms with Crippen LogP contribution in [-0.2, 0) is 5.75 Å². The van der Waals surface area contributed by atoms with Gasteiger partial charge < -0.3 is 0 Å². The molecule has 0 spiro atoms. The lowest BCUT2D eigenvalue weighted by Crippen LogP contribution is -1.78. The maximum Gasteiger partial charge on any atom is 0.123 e. The zero-order valence-electron chi connectivity index (χ0n) is 10.9. The van der Waals surface area contributed by atoms with Gasteiger partial charge in [0.15, 0.2) is 0 Å². The lowest BCUT2D eigenvalue weighted by atomic mass is 10.2. The number of halogens is 1. The van der Waals surface area contributed by atoms with Gasteiger partial charge >= 0.3 is 0 Å². The van der Waals surface area contributed by atoms with Gasteiger partial charge in [0.1, 0.15) is 5.82 Å². The first-order valence-corrected chi connectivity index (χ1v) is 9.57.